The van der Waals surface area contributed by atoms with Crippen LogP contribution in [0.2, 0.25) is 0 Å². The lowest BCUT2D eigenvalue weighted by molar-refractivity contribution is -0.00540. The quantitative estimate of drug-likeness (QED) is 0.631. The molecule has 2 fully saturated rings. The molecule has 0 unspecified atom stereocenters. The summed E-state index contributed by atoms with van der Waals surface area (Å²) in [6, 6.07) is 0. The molecule has 15 heavy (non-hydrogen) atoms. The van der Waals surface area contributed by atoms with Gasteiger partial charge in [0.25, 0.3) is 0 Å². The minimum Gasteiger partial charge on any atom is -0.381 e. The van der Waals surface area contributed by atoms with Crippen LogP contribution in [0, 0.1) is 10.8 Å². The number of hydrogen-bond acceptors (Lipinski definition) is 1. The Morgan fingerprint density at radius 2 is 1.40 bits per heavy atom. The molecular formula is C14H26O. The molecule has 0 bridgehead atoms. The van der Waals surface area contributed by atoms with E-state index in [4.69, 9.17) is 4.74 Å². The molecule has 2 aliphatic rings. The van der Waals surface area contributed by atoms with E-state index in [1.165, 1.54) is 51.4 Å². The summed E-state index contributed by atoms with van der Waals surface area (Å²) in [5.41, 5.74) is 1.33. The maximum atomic E-state index is 5.47. The first kappa shape index (κ1) is 11.4. The van der Waals surface area contributed by atoms with E-state index in [0.717, 1.165) is 0 Å². The van der Waals surface area contributed by atoms with Crippen LogP contribution >= 0.6 is 0 Å². The zero-order chi connectivity index (χ0) is 10.9. The van der Waals surface area contributed by atoms with E-state index in [0.29, 0.717) is 16.9 Å². The van der Waals surface area contributed by atoms with Gasteiger partial charge in [-0.05, 0) is 62.2 Å². The number of hydrogen-bond donors (Lipinski definition) is 0. The van der Waals surface area contributed by atoms with Crippen LogP contribution < -0.4 is 0 Å². The van der Waals surface area contributed by atoms with E-state index in [1.54, 1.807) is 0 Å². The van der Waals surface area contributed by atoms with Gasteiger partial charge in [-0.1, -0.05) is 13.8 Å². The van der Waals surface area contributed by atoms with E-state index < -0.39 is 0 Å². The molecule has 1 nitrogen and oxygen atoms in total. The second-order valence-electron chi connectivity index (χ2n) is 6.60. The highest BCUT2D eigenvalue weighted by atomic mass is 16.5. The van der Waals surface area contributed by atoms with Gasteiger partial charge in [0.15, 0.2) is 0 Å². The summed E-state index contributed by atoms with van der Waals surface area (Å²) in [5.74, 6) is 0. The van der Waals surface area contributed by atoms with Crippen molar-refractivity contribution in [2.45, 2.75) is 71.3 Å². The van der Waals surface area contributed by atoms with Crippen molar-refractivity contribution >= 4 is 0 Å². The van der Waals surface area contributed by atoms with Gasteiger partial charge in [-0.15, -0.1) is 0 Å². The van der Waals surface area contributed by atoms with Gasteiger partial charge < -0.3 is 4.74 Å². The number of ether oxygens (including phenoxy) is 1. The van der Waals surface area contributed by atoms with Gasteiger partial charge in [-0.25, -0.2) is 0 Å². The summed E-state index contributed by atoms with van der Waals surface area (Å²) in [5, 5.41) is 0. The monoisotopic (exact) mass is 210 g/mol. The smallest absolute Gasteiger partial charge is 0.0571 e. The second-order valence-corrected chi connectivity index (χ2v) is 6.60. The molecule has 0 amide bonds. The average molecular weight is 210 g/mol. The fourth-order valence-corrected chi connectivity index (χ4v) is 3.40. The number of methoxy groups -OCH3 is 1. The summed E-state index contributed by atoms with van der Waals surface area (Å²) in [6.45, 7) is 4.86. The minimum atomic E-state index is 0.561. The molecule has 1 spiro atoms. The van der Waals surface area contributed by atoms with Gasteiger partial charge in [-0.2, -0.15) is 0 Å². The third-order valence-corrected chi connectivity index (χ3v) is 4.99. The molecule has 0 aromatic carbocycles. The van der Waals surface area contributed by atoms with E-state index in [2.05, 4.69) is 13.8 Å². The van der Waals surface area contributed by atoms with Crippen LogP contribution in [0.4, 0.5) is 0 Å². The van der Waals surface area contributed by atoms with Crippen LogP contribution in [0.15, 0.2) is 0 Å². The predicted octanol–water partition coefficient (Wildman–Crippen LogP) is 4.16. The fourth-order valence-electron chi connectivity index (χ4n) is 3.40. The lowest BCUT2D eigenvalue weighted by atomic mass is 9.59. The van der Waals surface area contributed by atoms with Gasteiger partial charge in [0, 0.05) is 7.11 Å². The van der Waals surface area contributed by atoms with E-state index >= 15 is 0 Å². The van der Waals surface area contributed by atoms with Crippen LogP contribution in [0.3, 0.4) is 0 Å². The zero-order valence-electron chi connectivity index (χ0n) is 10.6. The molecule has 0 atom stereocenters. The maximum Gasteiger partial charge on any atom is 0.0571 e. The largest absolute Gasteiger partial charge is 0.381 e. The third kappa shape index (κ3) is 2.55. The Morgan fingerprint density at radius 1 is 0.867 bits per heavy atom. The van der Waals surface area contributed by atoms with Crippen LogP contribution in [0.1, 0.15) is 65.2 Å². The summed E-state index contributed by atoms with van der Waals surface area (Å²) in [7, 11) is 1.87. The van der Waals surface area contributed by atoms with E-state index in [9.17, 15) is 0 Å². The van der Waals surface area contributed by atoms with E-state index in [-0.39, 0.29) is 0 Å². The third-order valence-electron chi connectivity index (χ3n) is 4.99. The molecule has 0 saturated heterocycles. The first-order valence-corrected chi connectivity index (χ1v) is 6.58. The molecule has 1 heteroatoms. The molecule has 88 valence electrons. The van der Waals surface area contributed by atoms with Crippen LogP contribution in [0.25, 0.3) is 0 Å². The molecule has 0 N–H and O–H groups in total. The summed E-state index contributed by atoms with van der Waals surface area (Å²) in [6.07, 6.45) is 11.8. The van der Waals surface area contributed by atoms with Crippen molar-refractivity contribution in [1.82, 2.24) is 0 Å². The van der Waals surface area contributed by atoms with Gasteiger partial charge in [0.1, 0.15) is 0 Å². The Labute approximate surface area is 94.6 Å². The Kier molecular flexibility index (Phi) is 3.12. The standard InChI is InChI=1S/C14H26O/c1-13(2)8-10-14(11-9-13)6-4-12(15-3)5-7-14/h12H,4-11H2,1-3H3. The Hall–Kier alpha value is -0.0400. The summed E-state index contributed by atoms with van der Waals surface area (Å²) >= 11 is 0. The van der Waals surface area contributed by atoms with Crippen molar-refractivity contribution in [1.29, 1.82) is 0 Å². The summed E-state index contributed by atoms with van der Waals surface area (Å²) in [4.78, 5) is 0. The first-order valence-electron chi connectivity index (χ1n) is 6.58. The molecule has 0 heterocycles. The molecule has 0 aliphatic heterocycles. The first-order chi connectivity index (χ1) is 7.05. The highest BCUT2D eigenvalue weighted by Crippen LogP contribution is 2.52. The van der Waals surface area contributed by atoms with Crippen LogP contribution in [-0.2, 0) is 4.74 Å². The van der Waals surface area contributed by atoms with Gasteiger partial charge >= 0.3 is 0 Å². The fraction of sp³-hybridized carbons (Fsp3) is 1.00. The van der Waals surface area contributed by atoms with Gasteiger partial charge in [0.05, 0.1) is 6.10 Å². The lowest BCUT2D eigenvalue weighted by Gasteiger charge is -2.47. The van der Waals surface area contributed by atoms with Crippen molar-refractivity contribution < 1.29 is 4.74 Å². The SMILES string of the molecule is COC1CCC2(CC1)CCC(C)(C)CC2. The number of rotatable bonds is 1. The summed E-state index contributed by atoms with van der Waals surface area (Å²) < 4.78 is 5.47. The van der Waals surface area contributed by atoms with Crippen molar-refractivity contribution in [3.05, 3.63) is 0 Å². The lowest BCUT2D eigenvalue weighted by Crippen LogP contribution is -2.36. The van der Waals surface area contributed by atoms with E-state index in [1.807, 2.05) is 7.11 Å². The minimum absolute atomic E-state index is 0.561. The molecular weight excluding hydrogens is 184 g/mol. The molecule has 2 rings (SSSR count). The molecule has 0 aromatic heterocycles. The molecule has 2 aliphatic carbocycles. The van der Waals surface area contributed by atoms with Gasteiger partial charge in [-0.3, -0.25) is 0 Å². The van der Waals surface area contributed by atoms with Gasteiger partial charge in [0.2, 0.25) is 0 Å². The van der Waals surface area contributed by atoms with Crippen LogP contribution in [0.5, 0.6) is 0 Å². The van der Waals surface area contributed by atoms with Crippen molar-refractivity contribution in [3.8, 4) is 0 Å². The molecule has 0 radical (unpaired) electrons. The topological polar surface area (TPSA) is 9.23 Å². The Morgan fingerprint density at radius 3 is 1.87 bits per heavy atom. The Bertz CT molecular complexity index is 199. The van der Waals surface area contributed by atoms with Crippen molar-refractivity contribution in [3.63, 3.8) is 0 Å². The normalized spacial score (nSPS) is 30.6. The zero-order valence-corrected chi connectivity index (χ0v) is 10.6. The second kappa shape index (κ2) is 4.08. The van der Waals surface area contributed by atoms with Crippen molar-refractivity contribution in [2.24, 2.45) is 10.8 Å². The highest BCUT2D eigenvalue weighted by Gasteiger charge is 2.40. The highest BCUT2D eigenvalue weighted by molar-refractivity contribution is 4.92. The molecule has 0 aromatic rings. The average Bonchev–Trinajstić information content (AvgIpc) is 2.24. The van der Waals surface area contributed by atoms with Crippen LogP contribution in [-0.4, -0.2) is 13.2 Å². The van der Waals surface area contributed by atoms with Crippen molar-refractivity contribution in [2.75, 3.05) is 7.11 Å². The molecule has 2 saturated carbocycles. The maximum absolute atomic E-state index is 5.47. The Balaban J connectivity index is 1.89. The predicted molar refractivity (Wildman–Crippen MR) is 63.9 cm³/mol.